The molecule has 3 aromatic rings. The first-order chi connectivity index (χ1) is 12.5. The van der Waals surface area contributed by atoms with Crippen molar-refractivity contribution >= 4 is 21.4 Å². The summed E-state index contributed by atoms with van der Waals surface area (Å²) in [6, 6.07) is 10.0. The van der Waals surface area contributed by atoms with Gasteiger partial charge >= 0.3 is 0 Å². The number of sulfonamides is 1. The molecule has 0 N–H and O–H groups in total. The second-order valence-electron chi connectivity index (χ2n) is 5.50. The van der Waals surface area contributed by atoms with Gasteiger partial charge in [0.05, 0.1) is 27.0 Å². The Kier molecular flexibility index (Phi) is 5.65. The lowest BCUT2D eigenvalue weighted by Crippen LogP contribution is -2.30. The van der Waals surface area contributed by atoms with Crippen LogP contribution in [-0.2, 0) is 23.1 Å². The molecule has 0 radical (unpaired) electrons. The normalized spacial score (nSPS) is 11.7. The summed E-state index contributed by atoms with van der Waals surface area (Å²) in [5, 5.41) is 3.84. The maximum Gasteiger partial charge on any atom is 0.247 e. The maximum absolute atomic E-state index is 13.3. The average Bonchev–Trinajstić information content (AvgIpc) is 3.34. The van der Waals surface area contributed by atoms with Crippen molar-refractivity contribution in [3.63, 3.8) is 0 Å². The van der Waals surface area contributed by atoms with Crippen molar-refractivity contribution in [3.8, 4) is 11.5 Å². The second kappa shape index (κ2) is 7.94. The van der Waals surface area contributed by atoms with E-state index >= 15 is 0 Å². The van der Waals surface area contributed by atoms with Crippen molar-refractivity contribution in [2.45, 2.75) is 18.0 Å². The molecule has 2 heterocycles. The van der Waals surface area contributed by atoms with Gasteiger partial charge in [0.2, 0.25) is 10.0 Å². The molecule has 8 heteroatoms. The van der Waals surface area contributed by atoms with Gasteiger partial charge in [-0.2, -0.15) is 15.6 Å². The summed E-state index contributed by atoms with van der Waals surface area (Å²) in [5.41, 5.74) is 0.914. The van der Waals surface area contributed by atoms with E-state index in [1.807, 2.05) is 16.8 Å². The number of methoxy groups -OCH3 is 2. The summed E-state index contributed by atoms with van der Waals surface area (Å²) in [7, 11) is -0.873. The Morgan fingerprint density at radius 2 is 1.96 bits per heavy atom. The van der Waals surface area contributed by atoms with Crippen LogP contribution in [0.4, 0.5) is 0 Å². The number of furan rings is 1. The topological polar surface area (TPSA) is 69.0 Å². The van der Waals surface area contributed by atoms with Crippen molar-refractivity contribution in [1.29, 1.82) is 0 Å². The minimum atomic E-state index is -3.82. The van der Waals surface area contributed by atoms with Gasteiger partial charge in [-0.05, 0) is 46.7 Å². The molecule has 0 aliphatic heterocycles. The van der Waals surface area contributed by atoms with Gasteiger partial charge in [-0.25, -0.2) is 8.42 Å². The first-order valence-corrected chi connectivity index (χ1v) is 10.2. The van der Waals surface area contributed by atoms with Crippen LogP contribution in [0.5, 0.6) is 11.5 Å². The Balaban J connectivity index is 2.00. The molecule has 1 aromatic carbocycles. The van der Waals surface area contributed by atoms with Gasteiger partial charge in [-0.15, -0.1) is 0 Å². The summed E-state index contributed by atoms with van der Waals surface area (Å²) < 4.78 is 43.8. The number of hydrogen-bond donors (Lipinski definition) is 0. The Morgan fingerprint density at radius 1 is 1.12 bits per heavy atom. The molecule has 0 spiro atoms. The smallest absolute Gasteiger partial charge is 0.247 e. The highest BCUT2D eigenvalue weighted by molar-refractivity contribution is 7.89. The molecule has 2 aromatic heterocycles. The lowest BCUT2D eigenvalue weighted by atomic mass is 10.3. The van der Waals surface area contributed by atoms with E-state index in [1.54, 1.807) is 24.3 Å². The van der Waals surface area contributed by atoms with E-state index in [-0.39, 0.29) is 23.7 Å². The van der Waals surface area contributed by atoms with Crippen LogP contribution in [0.25, 0.3) is 0 Å². The number of rotatable bonds is 8. The van der Waals surface area contributed by atoms with Crippen molar-refractivity contribution in [1.82, 2.24) is 4.31 Å². The summed E-state index contributed by atoms with van der Waals surface area (Å²) in [6.07, 6.45) is 1.53. The van der Waals surface area contributed by atoms with Crippen LogP contribution in [0, 0.1) is 0 Å². The van der Waals surface area contributed by atoms with Crippen LogP contribution in [0.2, 0.25) is 0 Å². The zero-order chi connectivity index (χ0) is 18.6. The lowest BCUT2D eigenvalue weighted by Gasteiger charge is -2.22. The second-order valence-corrected chi connectivity index (χ2v) is 8.19. The van der Waals surface area contributed by atoms with Crippen molar-refractivity contribution < 1.29 is 22.3 Å². The SMILES string of the molecule is COc1ccc(S(=O)(=O)N(Cc2ccsc2)Cc2ccco2)c(OC)c1. The third kappa shape index (κ3) is 3.92. The van der Waals surface area contributed by atoms with E-state index in [0.717, 1.165) is 5.56 Å². The monoisotopic (exact) mass is 393 g/mol. The number of hydrogen-bond acceptors (Lipinski definition) is 6. The molecular weight excluding hydrogens is 374 g/mol. The van der Waals surface area contributed by atoms with Gasteiger partial charge < -0.3 is 13.9 Å². The Bertz CT molecular complexity index is 898. The number of ether oxygens (including phenoxy) is 2. The van der Waals surface area contributed by atoms with Crippen LogP contribution in [0.1, 0.15) is 11.3 Å². The standard InChI is InChI=1S/C18H19NO5S2/c1-22-15-5-6-18(17(10-15)23-2)26(20,21)19(11-14-7-9-25-13-14)12-16-4-3-8-24-16/h3-10,13H,11-12H2,1-2H3. The van der Waals surface area contributed by atoms with E-state index < -0.39 is 10.0 Å². The predicted molar refractivity (Wildman–Crippen MR) is 99.0 cm³/mol. The van der Waals surface area contributed by atoms with Gasteiger partial charge in [-0.3, -0.25) is 0 Å². The number of thiophene rings is 1. The molecule has 26 heavy (non-hydrogen) atoms. The molecule has 0 aliphatic carbocycles. The van der Waals surface area contributed by atoms with Crippen LogP contribution in [-0.4, -0.2) is 26.9 Å². The Hall–Kier alpha value is -2.29. The van der Waals surface area contributed by atoms with E-state index in [9.17, 15) is 8.42 Å². The minimum absolute atomic E-state index is 0.0857. The molecule has 0 amide bonds. The van der Waals surface area contributed by atoms with Crippen molar-refractivity contribution in [2.75, 3.05) is 14.2 Å². The molecule has 0 saturated heterocycles. The van der Waals surface area contributed by atoms with E-state index in [4.69, 9.17) is 13.9 Å². The van der Waals surface area contributed by atoms with Crippen LogP contribution in [0.15, 0.2) is 62.7 Å². The molecule has 0 saturated carbocycles. The van der Waals surface area contributed by atoms with Crippen LogP contribution in [0.3, 0.4) is 0 Å². The highest BCUT2D eigenvalue weighted by atomic mass is 32.2. The maximum atomic E-state index is 13.3. The number of benzene rings is 1. The zero-order valence-corrected chi connectivity index (χ0v) is 16.0. The molecule has 0 aliphatic rings. The molecule has 138 valence electrons. The summed E-state index contributed by atoms with van der Waals surface area (Å²) >= 11 is 1.52. The summed E-state index contributed by atoms with van der Waals surface area (Å²) in [6.45, 7) is 0.363. The van der Waals surface area contributed by atoms with Crippen LogP contribution < -0.4 is 9.47 Å². The fraction of sp³-hybridized carbons (Fsp3) is 0.222. The summed E-state index contributed by atoms with van der Waals surface area (Å²) in [5.74, 6) is 1.33. The highest BCUT2D eigenvalue weighted by Gasteiger charge is 2.29. The van der Waals surface area contributed by atoms with Crippen molar-refractivity contribution in [2.24, 2.45) is 0 Å². The molecule has 0 atom stereocenters. The average molecular weight is 393 g/mol. The minimum Gasteiger partial charge on any atom is -0.497 e. The highest BCUT2D eigenvalue weighted by Crippen LogP contribution is 2.32. The van der Waals surface area contributed by atoms with E-state index in [1.165, 1.54) is 42.2 Å². The van der Waals surface area contributed by atoms with E-state index in [0.29, 0.717) is 11.5 Å². The van der Waals surface area contributed by atoms with Gasteiger partial charge in [0.1, 0.15) is 22.2 Å². The van der Waals surface area contributed by atoms with Gasteiger partial charge in [0.25, 0.3) is 0 Å². The number of nitrogens with zero attached hydrogens (tertiary/aromatic N) is 1. The van der Waals surface area contributed by atoms with Crippen LogP contribution >= 0.6 is 11.3 Å². The molecule has 6 nitrogen and oxygen atoms in total. The predicted octanol–water partition coefficient (Wildman–Crippen LogP) is 3.75. The zero-order valence-electron chi connectivity index (χ0n) is 14.4. The summed E-state index contributed by atoms with van der Waals surface area (Å²) in [4.78, 5) is 0.0857. The molecular formula is C18H19NO5S2. The fourth-order valence-electron chi connectivity index (χ4n) is 2.52. The quantitative estimate of drug-likeness (QED) is 0.583. The fourth-order valence-corrected chi connectivity index (χ4v) is 4.71. The van der Waals surface area contributed by atoms with Gasteiger partial charge in [0, 0.05) is 12.6 Å². The first-order valence-electron chi connectivity index (χ1n) is 7.80. The van der Waals surface area contributed by atoms with Crippen molar-refractivity contribution in [3.05, 3.63) is 64.7 Å². The largest absolute Gasteiger partial charge is 0.497 e. The third-order valence-electron chi connectivity index (χ3n) is 3.84. The Morgan fingerprint density at radius 3 is 2.58 bits per heavy atom. The van der Waals surface area contributed by atoms with Gasteiger partial charge in [-0.1, -0.05) is 0 Å². The van der Waals surface area contributed by atoms with Gasteiger partial charge in [0.15, 0.2) is 0 Å². The molecule has 0 fully saturated rings. The molecule has 0 bridgehead atoms. The lowest BCUT2D eigenvalue weighted by molar-refractivity contribution is 0.352. The molecule has 3 rings (SSSR count). The third-order valence-corrected chi connectivity index (χ3v) is 6.40. The molecule has 0 unspecified atom stereocenters. The first kappa shape index (κ1) is 18.5. The van der Waals surface area contributed by atoms with E-state index in [2.05, 4.69) is 0 Å². The Labute approximate surface area is 156 Å².